The fourth-order valence-electron chi connectivity index (χ4n) is 2.35. The van der Waals surface area contributed by atoms with E-state index in [4.69, 9.17) is 0 Å². The minimum absolute atomic E-state index is 0.110. The molecule has 0 aliphatic heterocycles. The number of hydrogen-bond donors (Lipinski definition) is 2. The van der Waals surface area contributed by atoms with E-state index in [2.05, 4.69) is 5.10 Å². The number of phenols is 2. The lowest BCUT2D eigenvalue weighted by Gasteiger charge is -2.07. The van der Waals surface area contributed by atoms with Crippen LogP contribution in [0.4, 0.5) is 13.2 Å². The number of aryl methyl sites for hydroxylation is 1. The Morgan fingerprint density at radius 2 is 1.77 bits per heavy atom. The van der Waals surface area contributed by atoms with Crippen LogP contribution in [0.2, 0.25) is 0 Å². The minimum atomic E-state index is -4.43. The molecule has 114 valence electrons. The minimum Gasteiger partial charge on any atom is -0.508 e. The zero-order chi connectivity index (χ0) is 16.1. The molecule has 3 aromatic rings. The second kappa shape index (κ2) is 4.66. The van der Waals surface area contributed by atoms with Crippen LogP contribution in [-0.2, 0) is 13.2 Å². The fourth-order valence-corrected chi connectivity index (χ4v) is 2.35. The number of alkyl halides is 3. The van der Waals surface area contributed by atoms with Crippen LogP contribution in [0, 0.1) is 0 Å². The lowest BCUT2D eigenvalue weighted by molar-refractivity contribution is -0.137. The number of phenolic OH excluding ortho intramolecular Hbond substituents is 2. The number of benzene rings is 2. The maximum Gasteiger partial charge on any atom is 0.416 e. The van der Waals surface area contributed by atoms with Gasteiger partial charge in [-0.1, -0.05) is 0 Å². The lowest BCUT2D eigenvalue weighted by atomic mass is 10.0. The molecule has 0 unspecified atom stereocenters. The van der Waals surface area contributed by atoms with Gasteiger partial charge in [-0.05, 0) is 30.3 Å². The van der Waals surface area contributed by atoms with Crippen molar-refractivity contribution in [2.75, 3.05) is 0 Å². The SMILES string of the molecule is Cn1nc(-c2ccc(O)cc2O)c2ccc(C(F)(F)F)cc21. The average Bonchev–Trinajstić information content (AvgIpc) is 2.75. The van der Waals surface area contributed by atoms with E-state index in [9.17, 15) is 23.4 Å². The van der Waals surface area contributed by atoms with E-state index in [1.165, 1.54) is 29.9 Å². The first-order valence-corrected chi connectivity index (χ1v) is 6.33. The molecule has 7 heteroatoms. The number of fused-ring (bicyclic) bond motifs is 1. The largest absolute Gasteiger partial charge is 0.508 e. The van der Waals surface area contributed by atoms with Crippen LogP contribution in [0.3, 0.4) is 0 Å². The average molecular weight is 308 g/mol. The van der Waals surface area contributed by atoms with E-state index in [1.807, 2.05) is 0 Å². The van der Waals surface area contributed by atoms with Gasteiger partial charge in [-0.2, -0.15) is 18.3 Å². The molecule has 0 atom stereocenters. The Morgan fingerprint density at radius 1 is 1.05 bits per heavy atom. The van der Waals surface area contributed by atoms with Gasteiger partial charge in [0.25, 0.3) is 0 Å². The van der Waals surface area contributed by atoms with Crippen molar-refractivity contribution >= 4 is 10.9 Å². The van der Waals surface area contributed by atoms with Crippen molar-refractivity contribution in [2.45, 2.75) is 6.18 Å². The molecule has 4 nitrogen and oxygen atoms in total. The summed E-state index contributed by atoms with van der Waals surface area (Å²) >= 11 is 0. The first kappa shape index (κ1) is 14.2. The Kier molecular flexibility index (Phi) is 3.01. The monoisotopic (exact) mass is 308 g/mol. The predicted molar refractivity (Wildman–Crippen MR) is 74.5 cm³/mol. The molecule has 2 aromatic carbocycles. The Hall–Kier alpha value is -2.70. The second-order valence-corrected chi connectivity index (χ2v) is 4.90. The van der Waals surface area contributed by atoms with Gasteiger partial charge in [-0.15, -0.1) is 0 Å². The summed E-state index contributed by atoms with van der Waals surface area (Å²) in [7, 11) is 1.53. The van der Waals surface area contributed by atoms with Gasteiger partial charge in [0.2, 0.25) is 0 Å². The fraction of sp³-hybridized carbons (Fsp3) is 0.133. The maximum atomic E-state index is 12.8. The van der Waals surface area contributed by atoms with Gasteiger partial charge >= 0.3 is 6.18 Å². The van der Waals surface area contributed by atoms with Crippen molar-refractivity contribution in [1.82, 2.24) is 9.78 Å². The number of hydrogen-bond acceptors (Lipinski definition) is 3. The normalized spacial score (nSPS) is 12.0. The van der Waals surface area contributed by atoms with Crippen LogP contribution in [0.25, 0.3) is 22.2 Å². The molecule has 1 aromatic heterocycles. The number of rotatable bonds is 1. The van der Waals surface area contributed by atoms with Gasteiger partial charge < -0.3 is 10.2 Å². The molecule has 0 spiro atoms. The van der Waals surface area contributed by atoms with E-state index < -0.39 is 11.7 Å². The van der Waals surface area contributed by atoms with E-state index >= 15 is 0 Å². The van der Waals surface area contributed by atoms with Crippen molar-refractivity contribution in [2.24, 2.45) is 7.05 Å². The van der Waals surface area contributed by atoms with Gasteiger partial charge in [0, 0.05) is 24.1 Å². The maximum absolute atomic E-state index is 12.8. The van der Waals surface area contributed by atoms with Crippen LogP contribution in [0.1, 0.15) is 5.56 Å². The highest BCUT2D eigenvalue weighted by Crippen LogP contribution is 2.37. The highest BCUT2D eigenvalue weighted by Gasteiger charge is 2.31. The first-order chi connectivity index (χ1) is 10.3. The summed E-state index contributed by atoms with van der Waals surface area (Å²) in [6.45, 7) is 0. The number of halogens is 3. The Balaban J connectivity index is 2.24. The molecule has 0 fully saturated rings. The summed E-state index contributed by atoms with van der Waals surface area (Å²) in [5.41, 5.74) is 0.230. The molecular formula is C15H11F3N2O2. The number of aromatic hydroxyl groups is 2. The van der Waals surface area contributed by atoms with E-state index in [1.54, 1.807) is 0 Å². The topological polar surface area (TPSA) is 58.3 Å². The first-order valence-electron chi connectivity index (χ1n) is 6.33. The third kappa shape index (κ3) is 2.24. The van der Waals surface area contributed by atoms with Crippen LogP contribution in [-0.4, -0.2) is 20.0 Å². The highest BCUT2D eigenvalue weighted by molar-refractivity contribution is 5.95. The third-order valence-corrected chi connectivity index (χ3v) is 3.42. The van der Waals surface area contributed by atoms with Crippen molar-refractivity contribution in [3.05, 3.63) is 42.0 Å². The van der Waals surface area contributed by atoms with Gasteiger partial charge in [0.1, 0.15) is 17.2 Å². The molecule has 1 heterocycles. The molecule has 3 rings (SSSR count). The van der Waals surface area contributed by atoms with E-state index in [0.717, 1.165) is 18.2 Å². The summed E-state index contributed by atoms with van der Waals surface area (Å²) in [5, 5.41) is 23.9. The lowest BCUT2D eigenvalue weighted by Crippen LogP contribution is -2.04. The predicted octanol–water partition coefficient (Wildman–Crippen LogP) is 3.67. The Morgan fingerprint density at radius 3 is 2.41 bits per heavy atom. The zero-order valence-corrected chi connectivity index (χ0v) is 11.4. The van der Waals surface area contributed by atoms with Gasteiger partial charge in [0.05, 0.1) is 11.1 Å². The van der Waals surface area contributed by atoms with Crippen LogP contribution in [0.15, 0.2) is 36.4 Å². The third-order valence-electron chi connectivity index (χ3n) is 3.42. The summed E-state index contributed by atoms with van der Waals surface area (Å²) in [6, 6.07) is 7.31. The van der Waals surface area contributed by atoms with Crippen molar-refractivity contribution in [3.63, 3.8) is 0 Å². The molecule has 0 saturated carbocycles. The van der Waals surface area contributed by atoms with Crippen LogP contribution in [0.5, 0.6) is 11.5 Å². The molecule has 0 saturated heterocycles. The molecule has 22 heavy (non-hydrogen) atoms. The summed E-state index contributed by atoms with van der Waals surface area (Å²) in [6.07, 6.45) is -4.43. The Bertz CT molecular complexity index is 869. The second-order valence-electron chi connectivity index (χ2n) is 4.90. The number of nitrogens with zero attached hydrogens (tertiary/aromatic N) is 2. The van der Waals surface area contributed by atoms with E-state index in [0.29, 0.717) is 22.2 Å². The van der Waals surface area contributed by atoms with Gasteiger partial charge in [0.15, 0.2) is 0 Å². The molecule has 0 amide bonds. The van der Waals surface area contributed by atoms with Crippen LogP contribution >= 0.6 is 0 Å². The number of aromatic nitrogens is 2. The summed E-state index contributed by atoms with van der Waals surface area (Å²) < 4.78 is 39.7. The molecular weight excluding hydrogens is 297 g/mol. The molecule has 0 radical (unpaired) electrons. The van der Waals surface area contributed by atoms with Gasteiger partial charge in [-0.25, -0.2) is 0 Å². The van der Waals surface area contributed by atoms with Crippen molar-refractivity contribution in [1.29, 1.82) is 0 Å². The quantitative estimate of drug-likeness (QED) is 0.721. The molecule has 0 bridgehead atoms. The van der Waals surface area contributed by atoms with Crippen LogP contribution < -0.4 is 0 Å². The zero-order valence-electron chi connectivity index (χ0n) is 11.4. The Labute approximate surface area is 123 Å². The van der Waals surface area contributed by atoms with Crippen molar-refractivity contribution in [3.8, 4) is 22.8 Å². The summed E-state index contributed by atoms with van der Waals surface area (Å²) in [4.78, 5) is 0. The summed E-state index contributed by atoms with van der Waals surface area (Å²) in [5.74, 6) is -0.305. The van der Waals surface area contributed by atoms with Crippen molar-refractivity contribution < 1.29 is 23.4 Å². The highest BCUT2D eigenvalue weighted by atomic mass is 19.4. The molecule has 0 aliphatic carbocycles. The molecule has 2 N–H and O–H groups in total. The smallest absolute Gasteiger partial charge is 0.416 e. The molecule has 0 aliphatic rings. The standard InChI is InChI=1S/C15H11F3N2O2/c1-20-12-6-8(15(16,17)18)2-4-10(12)14(19-20)11-5-3-9(21)7-13(11)22/h2-7,21-22H,1H3. The van der Waals surface area contributed by atoms with E-state index in [-0.39, 0.29) is 11.5 Å². The van der Waals surface area contributed by atoms with Gasteiger partial charge in [-0.3, -0.25) is 4.68 Å².